The van der Waals surface area contributed by atoms with Crippen LogP contribution >= 0.6 is 0 Å². The predicted octanol–water partition coefficient (Wildman–Crippen LogP) is 2.34. The predicted molar refractivity (Wildman–Crippen MR) is 103 cm³/mol. The molecule has 1 aliphatic rings. The summed E-state index contributed by atoms with van der Waals surface area (Å²) in [7, 11) is 0. The summed E-state index contributed by atoms with van der Waals surface area (Å²) in [5, 5.41) is 2.80. The van der Waals surface area contributed by atoms with E-state index in [1.165, 1.54) is 5.56 Å². The second-order valence-corrected chi connectivity index (χ2v) is 6.81. The van der Waals surface area contributed by atoms with E-state index in [0.717, 1.165) is 11.1 Å². The van der Waals surface area contributed by atoms with E-state index in [2.05, 4.69) is 17.4 Å². The van der Waals surface area contributed by atoms with Gasteiger partial charge in [0.25, 0.3) is 5.91 Å². The van der Waals surface area contributed by atoms with Gasteiger partial charge in [-0.25, -0.2) is 0 Å². The third-order valence-corrected chi connectivity index (χ3v) is 4.74. The van der Waals surface area contributed by atoms with Crippen LogP contribution in [0.5, 0.6) is 0 Å². The molecule has 0 unspecified atom stereocenters. The maximum atomic E-state index is 13.0. The van der Waals surface area contributed by atoms with Gasteiger partial charge in [0.15, 0.2) is 0 Å². The number of nitrogens with two attached hydrogens (primary N) is 1. The molecule has 1 saturated heterocycles. The van der Waals surface area contributed by atoms with Crippen LogP contribution in [0.25, 0.3) is 11.1 Å². The minimum absolute atomic E-state index is 0.136. The zero-order valence-corrected chi connectivity index (χ0v) is 15.2. The molecule has 0 spiro atoms. The number of carbonyl (C=O) groups is 2. The molecular formula is C21H25N3O2. The number of rotatable bonds is 4. The molecule has 3 N–H and O–H groups in total. The van der Waals surface area contributed by atoms with Gasteiger partial charge < -0.3 is 16.0 Å². The van der Waals surface area contributed by atoms with Gasteiger partial charge in [0.1, 0.15) is 6.04 Å². The van der Waals surface area contributed by atoms with Gasteiger partial charge >= 0.3 is 0 Å². The van der Waals surface area contributed by atoms with E-state index in [0.29, 0.717) is 25.1 Å². The number of amides is 2. The van der Waals surface area contributed by atoms with Crippen LogP contribution in [0.3, 0.4) is 0 Å². The van der Waals surface area contributed by atoms with Crippen molar-refractivity contribution in [1.82, 2.24) is 10.2 Å². The number of hydrogen-bond donors (Lipinski definition) is 2. The maximum absolute atomic E-state index is 13.0. The third-order valence-electron chi connectivity index (χ3n) is 4.74. The quantitative estimate of drug-likeness (QED) is 0.888. The Balaban J connectivity index is 1.86. The van der Waals surface area contributed by atoms with Gasteiger partial charge in [-0.2, -0.15) is 0 Å². The van der Waals surface area contributed by atoms with E-state index in [9.17, 15) is 9.59 Å². The highest BCUT2D eigenvalue weighted by molar-refractivity contribution is 5.99. The summed E-state index contributed by atoms with van der Waals surface area (Å²) in [6.45, 7) is 4.84. The van der Waals surface area contributed by atoms with Crippen molar-refractivity contribution in [2.75, 3.05) is 13.1 Å². The van der Waals surface area contributed by atoms with Crippen molar-refractivity contribution in [3.05, 3.63) is 59.7 Å². The Hall–Kier alpha value is -2.66. The number of nitrogens with zero attached hydrogens (tertiary/aromatic N) is 1. The summed E-state index contributed by atoms with van der Waals surface area (Å²) in [5.41, 5.74) is 9.83. The molecule has 2 atom stereocenters. The first-order valence-corrected chi connectivity index (χ1v) is 9.01. The third kappa shape index (κ3) is 3.78. The zero-order valence-electron chi connectivity index (χ0n) is 15.2. The molecule has 1 heterocycles. The van der Waals surface area contributed by atoms with Crippen LogP contribution in [0, 0.1) is 6.92 Å². The molecule has 2 aromatic carbocycles. The number of nitrogens with one attached hydrogen (secondary N) is 1. The molecule has 26 heavy (non-hydrogen) atoms. The average molecular weight is 351 g/mol. The molecule has 1 aliphatic heterocycles. The van der Waals surface area contributed by atoms with Gasteiger partial charge in [0.05, 0.1) is 0 Å². The van der Waals surface area contributed by atoms with E-state index in [4.69, 9.17) is 5.73 Å². The number of hydrogen-bond acceptors (Lipinski definition) is 3. The Morgan fingerprint density at radius 2 is 1.88 bits per heavy atom. The van der Waals surface area contributed by atoms with E-state index < -0.39 is 6.04 Å². The Kier molecular flexibility index (Phi) is 5.38. The lowest BCUT2D eigenvalue weighted by molar-refractivity contribution is -0.124. The Bertz CT molecular complexity index is 801. The molecule has 5 heteroatoms. The summed E-state index contributed by atoms with van der Waals surface area (Å²) >= 11 is 0. The van der Waals surface area contributed by atoms with Crippen LogP contribution in [0.1, 0.15) is 29.3 Å². The minimum Gasteiger partial charge on any atom is -0.355 e. The van der Waals surface area contributed by atoms with E-state index in [1.807, 2.05) is 44.2 Å². The number of aryl methyl sites for hydroxylation is 1. The van der Waals surface area contributed by atoms with E-state index in [-0.39, 0.29) is 17.9 Å². The number of carbonyl (C=O) groups excluding carboxylic acids is 2. The van der Waals surface area contributed by atoms with Crippen LogP contribution in [0.15, 0.2) is 48.5 Å². The number of likely N-dealkylation sites (N-methyl/N-ethyl adjacent to an activating group) is 1. The van der Waals surface area contributed by atoms with Crippen molar-refractivity contribution in [2.45, 2.75) is 32.4 Å². The summed E-state index contributed by atoms with van der Waals surface area (Å²) in [4.78, 5) is 26.9. The van der Waals surface area contributed by atoms with Crippen molar-refractivity contribution in [3.8, 4) is 11.1 Å². The number of benzene rings is 2. The van der Waals surface area contributed by atoms with Crippen LogP contribution in [-0.4, -0.2) is 41.9 Å². The van der Waals surface area contributed by atoms with Crippen molar-refractivity contribution in [2.24, 2.45) is 5.73 Å². The fourth-order valence-corrected chi connectivity index (χ4v) is 3.38. The molecule has 0 saturated carbocycles. The largest absolute Gasteiger partial charge is 0.355 e. The summed E-state index contributed by atoms with van der Waals surface area (Å²) in [5.74, 6) is -0.286. The highest BCUT2D eigenvalue weighted by atomic mass is 16.2. The van der Waals surface area contributed by atoms with Crippen molar-refractivity contribution >= 4 is 11.8 Å². The molecule has 0 aliphatic carbocycles. The molecule has 0 radical (unpaired) electrons. The Morgan fingerprint density at radius 3 is 2.58 bits per heavy atom. The lowest BCUT2D eigenvalue weighted by atomic mass is 10.0. The van der Waals surface area contributed by atoms with Gasteiger partial charge in [0.2, 0.25) is 5.91 Å². The maximum Gasteiger partial charge on any atom is 0.254 e. The van der Waals surface area contributed by atoms with E-state index >= 15 is 0 Å². The second kappa shape index (κ2) is 7.70. The minimum atomic E-state index is -0.500. The van der Waals surface area contributed by atoms with E-state index in [1.54, 1.807) is 11.0 Å². The molecule has 5 nitrogen and oxygen atoms in total. The van der Waals surface area contributed by atoms with Crippen LogP contribution < -0.4 is 11.1 Å². The molecule has 0 aromatic heterocycles. The van der Waals surface area contributed by atoms with Gasteiger partial charge in [0, 0.05) is 24.7 Å². The number of likely N-dealkylation sites (tertiary alicyclic amines) is 1. The first-order chi connectivity index (χ1) is 12.5. The molecule has 3 rings (SSSR count). The standard InChI is InChI=1S/C21H25N3O2/c1-3-23-20(25)19-12-18(22)13-24(19)21(26)17-6-4-5-16(11-17)15-9-7-14(2)8-10-15/h4-11,18-19H,3,12-13,22H2,1-2H3,(H,23,25)/t18-,19+/m1/s1. The molecule has 2 amide bonds. The molecule has 1 fully saturated rings. The normalized spacial score (nSPS) is 19.4. The highest BCUT2D eigenvalue weighted by Gasteiger charge is 2.38. The summed E-state index contributed by atoms with van der Waals surface area (Å²) in [6.07, 6.45) is 0.495. The summed E-state index contributed by atoms with van der Waals surface area (Å²) < 4.78 is 0. The van der Waals surface area contributed by atoms with Crippen LogP contribution in [0.4, 0.5) is 0 Å². The fraction of sp³-hybridized carbons (Fsp3) is 0.333. The Labute approximate surface area is 154 Å². The van der Waals surface area contributed by atoms with Crippen molar-refractivity contribution in [3.63, 3.8) is 0 Å². The smallest absolute Gasteiger partial charge is 0.254 e. The highest BCUT2D eigenvalue weighted by Crippen LogP contribution is 2.24. The topological polar surface area (TPSA) is 75.4 Å². The average Bonchev–Trinajstić information content (AvgIpc) is 3.04. The molecule has 0 bridgehead atoms. The molecular weight excluding hydrogens is 326 g/mol. The fourth-order valence-electron chi connectivity index (χ4n) is 3.38. The zero-order chi connectivity index (χ0) is 18.7. The first-order valence-electron chi connectivity index (χ1n) is 9.01. The van der Waals surface area contributed by atoms with Gasteiger partial charge in [-0.1, -0.05) is 42.0 Å². The molecule has 136 valence electrons. The van der Waals surface area contributed by atoms with Gasteiger partial charge in [-0.3, -0.25) is 9.59 Å². The lowest BCUT2D eigenvalue weighted by Gasteiger charge is -2.24. The monoisotopic (exact) mass is 351 g/mol. The van der Waals surface area contributed by atoms with Crippen LogP contribution in [-0.2, 0) is 4.79 Å². The SMILES string of the molecule is CCNC(=O)[C@@H]1C[C@@H](N)CN1C(=O)c1cccc(-c2ccc(C)cc2)c1. The van der Waals surface area contributed by atoms with Crippen LogP contribution in [0.2, 0.25) is 0 Å². The van der Waals surface area contributed by atoms with Gasteiger partial charge in [-0.05, 0) is 43.5 Å². The lowest BCUT2D eigenvalue weighted by Crippen LogP contribution is -2.45. The first kappa shape index (κ1) is 18.1. The second-order valence-electron chi connectivity index (χ2n) is 6.81. The Morgan fingerprint density at radius 1 is 1.15 bits per heavy atom. The molecule has 2 aromatic rings. The van der Waals surface area contributed by atoms with Gasteiger partial charge in [-0.15, -0.1) is 0 Å². The summed E-state index contributed by atoms with van der Waals surface area (Å²) in [6, 6.07) is 15.0. The van der Waals surface area contributed by atoms with Crippen molar-refractivity contribution in [1.29, 1.82) is 0 Å². The van der Waals surface area contributed by atoms with Crippen molar-refractivity contribution < 1.29 is 9.59 Å².